The van der Waals surface area contributed by atoms with E-state index in [0.717, 1.165) is 69.6 Å². The second-order valence-electron chi connectivity index (χ2n) is 12.0. The maximum Gasteiger partial charge on any atom is 0.268 e. The third-order valence-electron chi connectivity index (χ3n) is 7.93. The van der Waals surface area contributed by atoms with Crippen LogP contribution in [0.3, 0.4) is 0 Å². The molecular formula is C26H41N5O3SSi. The number of nitrogens with one attached hydrogen (secondary N) is 1. The number of anilines is 2. The molecule has 5 rings (SSSR count). The minimum Gasteiger partial charge on any atom is -0.359 e. The average Bonchev–Trinajstić information content (AvgIpc) is 3.58. The van der Waals surface area contributed by atoms with Gasteiger partial charge in [-0.25, -0.2) is 13.1 Å². The number of aromatic nitrogens is 3. The van der Waals surface area contributed by atoms with E-state index >= 15 is 0 Å². The summed E-state index contributed by atoms with van der Waals surface area (Å²) in [6.07, 6.45) is 8.55. The van der Waals surface area contributed by atoms with E-state index in [1.54, 1.807) is 4.68 Å². The van der Waals surface area contributed by atoms with Gasteiger partial charge in [0, 0.05) is 26.4 Å². The predicted molar refractivity (Wildman–Crippen MR) is 146 cm³/mol. The first kappa shape index (κ1) is 25.9. The largest absolute Gasteiger partial charge is 0.359 e. The maximum atomic E-state index is 13.4. The van der Waals surface area contributed by atoms with Gasteiger partial charge in [0.25, 0.3) is 5.16 Å². The fourth-order valence-corrected chi connectivity index (χ4v) is 8.04. The average molecular weight is 532 g/mol. The molecule has 0 amide bonds. The van der Waals surface area contributed by atoms with E-state index in [4.69, 9.17) is 4.74 Å². The van der Waals surface area contributed by atoms with Gasteiger partial charge in [-0.2, -0.15) is 4.98 Å². The van der Waals surface area contributed by atoms with Crippen LogP contribution in [0.25, 0.3) is 0 Å². The molecule has 1 aromatic carbocycles. The van der Waals surface area contributed by atoms with Crippen molar-refractivity contribution in [3.63, 3.8) is 0 Å². The summed E-state index contributed by atoms with van der Waals surface area (Å²) in [7, 11) is -2.86. The topological polar surface area (TPSA) is 89.4 Å². The summed E-state index contributed by atoms with van der Waals surface area (Å²) in [5.41, 5.74) is 6.71. The molecule has 1 unspecified atom stereocenters. The van der Waals surface area contributed by atoms with Crippen molar-refractivity contribution < 1.29 is 13.2 Å². The van der Waals surface area contributed by atoms with E-state index in [1.165, 1.54) is 22.3 Å². The van der Waals surface area contributed by atoms with Crippen molar-refractivity contribution in [1.29, 1.82) is 0 Å². The van der Waals surface area contributed by atoms with Crippen LogP contribution in [-0.2, 0) is 47.0 Å². The zero-order valence-electron chi connectivity index (χ0n) is 22.3. The van der Waals surface area contributed by atoms with E-state index in [2.05, 4.69) is 46.0 Å². The molecule has 198 valence electrons. The van der Waals surface area contributed by atoms with Crippen LogP contribution < -0.4 is 5.32 Å². The van der Waals surface area contributed by atoms with Crippen molar-refractivity contribution in [2.75, 3.05) is 31.3 Å². The Labute approximate surface area is 216 Å². The molecule has 0 saturated carbocycles. The normalized spacial score (nSPS) is 20.2. The lowest BCUT2D eigenvalue weighted by molar-refractivity contribution is 0.0792. The second kappa shape index (κ2) is 10.2. The van der Waals surface area contributed by atoms with Crippen LogP contribution in [0, 0.1) is 0 Å². The number of nitrogens with zero attached hydrogens (tertiary/aromatic N) is 4. The fourth-order valence-electron chi connectivity index (χ4n) is 5.76. The Morgan fingerprint density at radius 2 is 1.78 bits per heavy atom. The molecule has 0 bridgehead atoms. The number of hydrogen-bond acceptors (Lipinski definition) is 7. The molecule has 1 fully saturated rings. The summed E-state index contributed by atoms with van der Waals surface area (Å²) in [6, 6.07) is 3.46. The number of rotatable bonds is 10. The summed E-state index contributed by atoms with van der Waals surface area (Å²) in [4.78, 5) is 6.71. The van der Waals surface area contributed by atoms with Gasteiger partial charge in [-0.05, 0) is 93.3 Å². The predicted octanol–water partition coefficient (Wildman–Crippen LogP) is 4.18. The van der Waals surface area contributed by atoms with Crippen LogP contribution in [0.1, 0.15) is 47.9 Å². The standard InChI is InChI=1S/C26H41N5O3SSi/c1-30-13-7-10-21(30)17-35(32,33)26-28-25(31(29-26)18-34-14-15-36(2,3)4)27-24-22-11-5-8-19(22)16-20-9-6-12-23(20)24/h16,21H,5-15,17-18H2,1-4H3,(H,27,28,29). The third kappa shape index (κ3) is 5.56. The first-order valence-electron chi connectivity index (χ1n) is 13.5. The molecule has 10 heteroatoms. The van der Waals surface area contributed by atoms with Gasteiger partial charge in [0.05, 0.1) is 5.75 Å². The lowest BCUT2D eigenvalue weighted by Crippen LogP contribution is -2.32. The molecule has 36 heavy (non-hydrogen) atoms. The van der Waals surface area contributed by atoms with E-state index in [-0.39, 0.29) is 23.7 Å². The zero-order chi connectivity index (χ0) is 25.5. The number of likely N-dealkylation sites (tertiary alicyclic amines) is 1. The fraction of sp³-hybridized carbons (Fsp3) is 0.692. The number of hydrogen-bond donors (Lipinski definition) is 1. The second-order valence-corrected chi connectivity index (χ2v) is 19.5. The van der Waals surface area contributed by atoms with Crippen molar-refractivity contribution in [3.8, 4) is 0 Å². The van der Waals surface area contributed by atoms with Crippen LogP contribution in [-0.4, -0.2) is 68.2 Å². The van der Waals surface area contributed by atoms with E-state index in [9.17, 15) is 8.42 Å². The molecule has 2 heterocycles. The van der Waals surface area contributed by atoms with Crippen molar-refractivity contribution in [3.05, 3.63) is 28.3 Å². The molecule has 1 saturated heterocycles. The quantitative estimate of drug-likeness (QED) is 0.363. The highest BCUT2D eigenvalue weighted by atomic mass is 32.2. The van der Waals surface area contributed by atoms with Crippen LogP contribution in [0.15, 0.2) is 11.2 Å². The van der Waals surface area contributed by atoms with Crippen LogP contribution >= 0.6 is 0 Å². The first-order valence-corrected chi connectivity index (χ1v) is 18.9. The van der Waals surface area contributed by atoms with Crippen molar-refractivity contribution in [2.24, 2.45) is 0 Å². The highest BCUT2D eigenvalue weighted by Crippen LogP contribution is 2.39. The Morgan fingerprint density at radius 3 is 2.39 bits per heavy atom. The molecular weight excluding hydrogens is 490 g/mol. The molecule has 0 radical (unpaired) electrons. The molecule has 1 aromatic heterocycles. The number of fused-ring (bicyclic) bond motifs is 2. The summed E-state index contributed by atoms with van der Waals surface area (Å²) >= 11 is 0. The van der Waals surface area contributed by atoms with Gasteiger partial charge < -0.3 is 15.0 Å². The van der Waals surface area contributed by atoms with Gasteiger partial charge in [-0.3, -0.25) is 0 Å². The summed E-state index contributed by atoms with van der Waals surface area (Å²) in [5.74, 6) is 0.523. The Kier molecular flexibility index (Phi) is 7.33. The molecule has 1 aliphatic heterocycles. The van der Waals surface area contributed by atoms with Gasteiger partial charge in [-0.15, -0.1) is 5.10 Å². The zero-order valence-corrected chi connectivity index (χ0v) is 24.1. The third-order valence-corrected chi connectivity index (χ3v) is 11.2. The SMILES string of the molecule is CN1CCCC1CS(=O)(=O)c1nc(Nc2c3c(cc4c2CCC4)CCC3)n(COCC[Si](C)(C)C)n1. The molecule has 2 aromatic rings. The summed E-state index contributed by atoms with van der Waals surface area (Å²) in [5, 5.41) is 7.96. The highest BCUT2D eigenvalue weighted by molar-refractivity contribution is 7.91. The molecule has 1 atom stereocenters. The molecule has 2 aliphatic carbocycles. The lowest BCUT2D eigenvalue weighted by Gasteiger charge is -2.18. The van der Waals surface area contributed by atoms with Crippen molar-refractivity contribution in [2.45, 2.75) is 95.0 Å². The minimum absolute atomic E-state index is 0.0204. The Balaban J connectivity index is 1.44. The molecule has 0 spiro atoms. The number of ether oxygens (including phenoxy) is 1. The van der Waals surface area contributed by atoms with Gasteiger partial charge >= 0.3 is 0 Å². The lowest BCUT2D eigenvalue weighted by atomic mass is 9.99. The van der Waals surface area contributed by atoms with Crippen LogP contribution in [0.5, 0.6) is 0 Å². The van der Waals surface area contributed by atoms with Gasteiger partial charge in [-0.1, -0.05) is 25.7 Å². The Morgan fingerprint density at radius 1 is 1.08 bits per heavy atom. The Bertz CT molecular complexity index is 1190. The maximum absolute atomic E-state index is 13.4. The smallest absolute Gasteiger partial charge is 0.268 e. The summed E-state index contributed by atoms with van der Waals surface area (Å²) < 4.78 is 34.3. The van der Waals surface area contributed by atoms with Gasteiger partial charge in [0.1, 0.15) is 6.73 Å². The minimum atomic E-state index is -3.62. The summed E-state index contributed by atoms with van der Waals surface area (Å²) in [6.45, 7) is 8.72. The first-order chi connectivity index (χ1) is 17.1. The number of aryl methyl sites for hydroxylation is 2. The van der Waals surface area contributed by atoms with E-state index < -0.39 is 17.9 Å². The molecule has 3 aliphatic rings. The van der Waals surface area contributed by atoms with Gasteiger partial charge in [0.15, 0.2) is 0 Å². The van der Waals surface area contributed by atoms with Crippen LogP contribution in [0.4, 0.5) is 11.6 Å². The monoisotopic (exact) mass is 531 g/mol. The highest BCUT2D eigenvalue weighted by Gasteiger charge is 2.32. The number of benzene rings is 1. The van der Waals surface area contributed by atoms with Crippen molar-refractivity contribution in [1.82, 2.24) is 19.7 Å². The molecule has 1 N–H and O–H groups in total. The van der Waals surface area contributed by atoms with E-state index in [1.807, 2.05) is 7.05 Å². The van der Waals surface area contributed by atoms with E-state index in [0.29, 0.717) is 12.6 Å². The number of sulfone groups is 1. The van der Waals surface area contributed by atoms with Crippen molar-refractivity contribution >= 4 is 29.5 Å². The van der Waals surface area contributed by atoms with Gasteiger partial charge in [0.2, 0.25) is 15.8 Å². The Hall–Kier alpha value is -1.75. The molecule has 8 nitrogen and oxygen atoms in total. The van der Waals surface area contributed by atoms with Crippen LogP contribution in [0.2, 0.25) is 25.7 Å².